The Bertz CT molecular complexity index is 507. The van der Waals surface area contributed by atoms with Crippen molar-refractivity contribution in [1.82, 2.24) is 15.1 Å². The van der Waals surface area contributed by atoms with Crippen LogP contribution in [0.15, 0.2) is 24.3 Å². The van der Waals surface area contributed by atoms with Gasteiger partial charge >= 0.3 is 0 Å². The first-order valence-corrected chi connectivity index (χ1v) is 8.74. The molecule has 1 atom stereocenters. The molecule has 1 aromatic rings. The van der Waals surface area contributed by atoms with Crippen LogP contribution in [0.1, 0.15) is 31.9 Å². The molecule has 0 radical (unpaired) electrons. The van der Waals surface area contributed by atoms with Gasteiger partial charge in [-0.15, -0.1) is 0 Å². The molecule has 1 heterocycles. The van der Waals surface area contributed by atoms with Gasteiger partial charge in [0, 0.05) is 38.8 Å². The van der Waals surface area contributed by atoms with Gasteiger partial charge in [0.2, 0.25) is 5.91 Å². The van der Waals surface area contributed by atoms with Gasteiger partial charge in [0.05, 0.1) is 6.54 Å². The van der Waals surface area contributed by atoms with Crippen molar-refractivity contribution in [3.63, 3.8) is 0 Å². The molecule has 1 aliphatic rings. The number of benzene rings is 1. The second kappa shape index (κ2) is 8.46. The van der Waals surface area contributed by atoms with Gasteiger partial charge in [-0.3, -0.25) is 14.6 Å². The molecule has 1 fully saturated rings. The molecule has 0 aliphatic carbocycles. The van der Waals surface area contributed by atoms with E-state index in [1.807, 2.05) is 0 Å². The Morgan fingerprint density at radius 2 is 1.70 bits per heavy atom. The van der Waals surface area contributed by atoms with Crippen LogP contribution in [0.25, 0.3) is 0 Å². The monoisotopic (exact) mass is 317 g/mol. The van der Waals surface area contributed by atoms with Crippen molar-refractivity contribution in [1.29, 1.82) is 0 Å². The predicted octanol–water partition coefficient (Wildman–Crippen LogP) is 2.27. The molecular weight excluding hydrogens is 286 g/mol. The van der Waals surface area contributed by atoms with Gasteiger partial charge in [-0.25, -0.2) is 0 Å². The van der Waals surface area contributed by atoms with Crippen LogP contribution in [-0.4, -0.2) is 54.5 Å². The van der Waals surface area contributed by atoms with E-state index in [0.29, 0.717) is 12.5 Å². The van der Waals surface area contributed by atoms with Crippen molar-refractivity contribution in [3.8, 4) is 0 Å². The van der Waals surface area contributed by atoms with Crippen molar-refractivity contribution in [2.24, 2.45) is 5.92 Å². The van der Waals surface area contributed by atoms with Gasteiger partial charge in [0.15, 0.2) is 0 Å². The van der Waals surface area contributed by atoms with Crippen molar-refractivity contribution < 1.29 is 4.79 Å². The first-order chi connectivity index (χ1) is 11.0. The van der Waals surface area contributed by atoms with Gasteiger partial charge in [-0.05, 0) is 30.9 Å². The highest BCUT2D eigenvalue weighted by molar-refractivity contribution is 5.78. The van der Waals surface area contributed by atoms with Gasteiger partial charge in [0.25, 0.3) is 0 Å². The van der Waals surface area contributed by atoms with Crippen molar-refractivity contribution in [3.05, 3.63) is 35.4 Å². The minimum atomic E-state index is 0.151. The third-order valence-electron chi connectivity index (χ3n) is 4.88. The maximum atomic E-state index is 12.1. The number of carbonyl (C=O) groups is 1. The van der Waals surface area contributed by atoms with Gasteiger partial charge in [-0.1, -0.05) is 38.1 Å². The number of carbonyl (C=O) groups excluding carboxylic acids is 1. The topological polar surface area (TPSA) is 35.6 Å². The highest BCUT2D eigenvalue weighted by Gasteiger charge is 2.20. The van der Waals surface area contributed by atoms with Crippen LogP contribution in [0.4, 0.5) is 0 Å². The zero-order valence-electron chi connectivity index (χ0n) is 15.0. The fourth-order valence-electron chi connectivity index (χ4n) is 2.80. The van der Waals surface area contributed by atoms with E-state index >= 15 is 0 Å². The Labute approximate surface area is 140 Å². The molecule has 1 saturated heterocycles. The van der Waals surface area contributed by atoms with Gasteiger partial charge in [-0.2, -0.15) is 0 Å². The van der Waals surface area contributed by atoms with E-state index in [9.17, 15) is 4.79 Å². The summed E-state index contributed by atoms with van der Waals surface area (Å²) in [5, 5.41) is 3.09. The molecule has 1 amide bonds. The molecule has 0 bridgehead atoms. The molecule has 23 heavy (non-hydrogen) atoms. The second-order valence-electron chi connectivity index (χ2n) is 7.08. The lowest BCUT2D eigenvalue weighted by atomic mass is 10.1. The third-order valence-corrected chi connectivity index (χ3v) is 4.88. The minimum Gasteiger partial charge on any atom is -0.352 e. The fraction of sp³-hybridized carbons (Fsp3) is 0.632. The summed E-state index contributed by atoms with van der Waals surface area (Å²) in [6.45, 7) is 14.0. The first kappa shape index (κ1) is 18.0. The van der Waals surface area contributed by atoms with Crippen LogP contribution < -0.4 is 5.32 Å². The fourth-order valence-corrected chi connectivity index (χ4v) is 2.80. The Morgan fingerprint density at radius 1 is 1.09 bits per heavy atom. The molecular formula is C19H31N3O. The van der Waals surface area contributed by atoms with Crippen LogP contribution in [-0.2, 0) is 11.3 Å². The van der Waals surface area contributed by atoms with E-state index in [0.717, 1.165) is 32.7 Å². The summed E-state index contributed by atoms with van der Waals surface area (Å²) in [6.07, 6.45) is 0. The lowest BCUT2D eigenvalue weighted by molar-refractivity contribution is -0.123. The van der Waals surface area contributed by atoms with E-state index in [1.165, 1.54) is 11.1 Å². The smallest absolute Gasteiger partial charge is 0.234 e. The number of nitrogens with one attached hydrogen (secondary N) is 1. The number of hydrogen-bond donors (Lipinski definition) is 1. The highest BCUT2D eigenvalue weighted by Crippen LogP contribution is 2.12. The van der Waals surface area contributed by atoms with E-state index in [4.69, 9.17) is 0 Å². The molecule has 0 unspecified atom stereocenters. The Hall–Kier alpha value is -1.39. The first-order valence-electron chi connectivity index (χ1n) is 8.74. The Kier molecular flexibility index (Phi) is 6.60. The summed E-state index contributed by atoms with van der Waals surface area (Å²) in [6, 6.07) is 8.82. The van der Waals surface area contributed by atoms with Crippen LogP contribution >= 0.6 is 0 Å². The molecule has 0 aromatic heterocycles. The zero-order valence-corrected chi connectivity index (χ0v) is 15.0. The van der Waals surface area contributed by atoms with Crippen molar-refractivity contribution >= 4 is 5.91 Å². The van der Waals surface area contributed by atoms with E-state index in [1.54, 1.807) is 0 Å². The van der Waals surface area contributed by atoms with Gasteiger partial charge < -0.3 is 5.32 Å². The minimum absolute atomic E-state index is 0.151. The summed E-state index contributed by atoms with van der Waals surface area (Å²) in [4.78, 5) is 16.8. The Morgan fingerprint density at radius 3 is 2.30 bits per heavy atom. The molecule has 4 nitrogen and oxygen atoms in total. The highest BCUT2D eigenvalue weighted by atomic mass is 16.2. The number of nitrogens with zero attached hydrogens (tertiary/aromatic N) is 2. The standard InChI is InChI=1S/C19H31N3O/c1-15(2)17(4)20-19(23)14-22-11-9-21(10-12-22)13-18-8-6-5-7-16(18)3/h5-8,15,17H,9-14H2,1-4H3,(H,20,23)/t17-/m1/s1. The van der Waals surface area contributed by atoms with E-state index in [2.05, 4.69) is 67.1 Å². The predicted molar refractivity (Wildman–Crippen MR) is 95.3 cm³/mol. The maximum Gasteiger partial charge on any atom is 0.234 e. The average molecular weight is 317 g/mol. The van der Waals surface area contributed by atoms with Crippen molar-refractivity contribution in [2.45, 2.75) is 40.3 Å². The maximum absolute atomic E-state index is 12.1. The molecule has 0 saturated carbocycles. The molecule has 1 aliphatic heterocycles. The Balaban J connectivity index is 1.74. The lowest BCUT2D eigenvalue weighted by Crippen LogP contribution is -2.50. The number of amides is 1. The van der Waals surface area contributed by atoms with Crippen molar-refractivity contribution in [2.75, 3.05) is 32.7 Å². The zero-order chi connectivity index (χ0) is 16.8. The summed E-state index contributed by atoms with van der Waals surface area (Å²) in [7, 11) is 0. The van der Waals surface area contributed by atoms with Gasteiger partial charge in [0.1, 0.15) is 0 Å². The SMILES string of the molecule is Cc1ccccc1CN1CCN(CC(=O)N[C@H](C)C(C)C)CC1. The number of hydrogen-bond acceptors (Lipinski definition) is 3. The van der Waals surface area contributed by atoms with Crippen LogP contribution in [0.2, 0.25) is 0 Å². The number of piperazine rings is 1. The van der Waals surface area contributed by atoms with Crippen LogP contribution in [0.3, 0.4) is 0 Å². The molecule has 4 heteroatoms. The molecule has 128 valence electrons. The largest absolute Gasteiger partial charge is 0.352 e. The van der Waals surface area contributed by atoms with E-state index in [-0.39, 0.29) is 11.9 Å². The quantitative estimate of drug-likeness (QED) is 0.874. The van der Waals surface area contributed by atoms with E-state index < -0.39 is 0 Å². The lowest BCUT2D eigenvalue weighted by Gasteiger charge is -2.34. The molecule has 1 aromatic carbocycles. The molecule has 0 spiro atoms. The normalized spacial score (nSPS) is 18.1. The second-order valence-corrected chi connectivity index (χ2v) is 7.08. The molecule has 2 rings (SSSR count). The third kappa shape index (κ3) is 5.63. The molecule has 1 N–H and O–H groups in total. The summed E-state index contributed by atoms with van der Waals surface area (Å²) in [5.41, 5.74) is 2.77. The average Bonchev–Trinajstić information content (AvgIpc) is 2.51. The van der Waals surface area contributed by atoms with Crippen LogP contribution in [0, 0.1) is 12.8 Å². The van der Waals surface area contributed by atoms with Crippen LogP contribution in [0.5, 0.6) is 0 Å². The summed E-state index contributed by atoms with van der Waals surface area (Å²) >= 11 is 0. The number of aryl methyl sites for hydroxylation is 1. The summed E-state index contributed by atoms with van der Waals surface area (Å²) in [5.74, 6) is 0.628. The number of rotatable bonds is 6. The summed E-state index contributed by atoms with van der Waals surface area (Å²) < 4.78 is 0.